The largest absolute Gasteiger partial charge is 0.464 e. The van der Waals surface area contributed by atoms with Crippen LogP contribution in [0.15, 0.2) is 26.1 Å². The van der Waals surface area contributed by atoms with Crippen LogP contribution in [0.3, 0.4) is 0 Å². The van der Waals surface area contributed by atoms with Gasteiger partial charge in [-0.25, -0.2) is 4.79 Å². The number of nitrogens with zero attached hydrogens (tertiary/aromatic N) is 1. The van der Waals surface area contributed by atoms with Crippen molar-refractivity contribution in [1.29, 1.82) is 0 Å². The van der Waals surface area contributed by atoms with Gasteiger partial charge in [-0.1, -0.05) is 24.0 Å². The highest BCUT2D eigenvalue weighted by atomic mass is 79.9. The topological polar surface area (TPSA) is 59.8 Å². The second-order valence-electron chi connectivity index (χ2n) is 4.12. The third-order valence-corrected chi connectivity index (χ3v) is 4.46. The van der Waals surface area contributed by atoms with Crippen LogP contribution in [-0.2, 0) is 14.3 Å². The van der Waals surface area contributed by atoms with Crippen LogP contribution in [0.25, 0.3) is 6.08 Å². The maximum atomic E-state index is 12.4. The zero-order valence-electron chi connectivity index (χ0n) is 11.3. The molecule has 112 valence electrons. The van der Waals surface area contributed by atoms with E-state index in [-0.39, 0.29) is 12.5 Å². The summed E-state index contributed by atoms with van der Waals surface area (Å²) in [6.07, 6.45) is 1.60. The molecule has 1 aromatic rings. The summed E-state index contributed by atoms with van der Waals surface area (Å²) in [6.45, 7) is 3.56. The van der Waals surface area contributed by atoms with E-state index in [0.717, 1.165) is 11.8 Å². The molecule has 1 aromatic heterocycles. The van der Waals surface area contributed by atoms with E-state index in [2.05, 4.69) is 15.9 Å². The Hall–Kier alpha value is -1.12. The van der Waals surface area contributed by atoms with Gasteiger partial charge in [0.05, 0.1) is 11.5 Å². The number of thioether (sulfide) groups is 1. The van der Waals surface area contributed by atoms with Gasteiger partial charge in [0.25, 0.3) is 5.91 Å². The molecule has 1 unspecified atom stereocenters. The highest BCUT2D eigenvalue weighted by Crippen LogP contribution is 2.34. The van der Waals surface area contributed by atoms with Crippen molar-refractivity contribution >= 4 is 62.2 Å². The second kappa shape index (κ2) is 6.76. The first-order valence-electron chi connectivity index (χ1n) is 6.13. The monoisotopic (exact) mass is 389 g/mol. The van der Waals surface area contributed by atoms with Gasteiger partial charge < -0.3 is 9.15 Å². The average molecular weight is 390 g/mol. The Labute approximate surface area is 139 Å². The van der Waals surface area contributed by atoms with E-state index in [9.17, 15) is 9.59 Å². The van der Waals surface area contributed by atoms with Crippen molar-refractivity contribution in [3.63, 3.8) is 0 Å². The van der Waals surface area contributed by atoms with Crippen molar-refractivity contribution < 1.29 is 18.7 Å². The normalized spacial score (nSPS) is 18.4. The first-order valence-corrected chi connectivity index (χ1v) is 8.14. The molecule has 2 rings (SSSR count). The summed E-state index contributed by atoms with van der Waals surface area (Å²) in [7, 11) is 0. The zero-order valence-corrected chi connectivity index (χ0v) is 14.5. The second-order valence-corrected chi connectivity index (χ2v) is 6.58. The van der Waals surface area contributed by atoms with E-state index < -0.39 is 12.0 Å². The molecule has 0 spiro atoms. The number of furan rings is 1. The molecule has 1 fully saturated rings. The number of amides is 1. The fourth-order valence-electron chi connectivity index (χ4n) is 1.72. The van der Waals surface area contributed by atoms with E-state index in [1.54, 1.807) is 32.1 Å². The molecule has 0 aliphatic carbocycles. The quantitative estimate of drug-likeness (QED) is 0.447. The summed E-state index contributed by atoms with van der Waals surface area (Å²) in [5.41, 5.74) is 0. The highest BCUT2D eigenvalue weighted by molar-refractivity contribution is 9.10. The summed E-state index contributed by atoms with van der Waals surface area (Å²) < 4.78 is 11.2. The van der Waals surface area contributed by atoms with Crippen LogP contribution >= 0.6 is 39.9 Å². The van der Waals surface area contributed by atoms with Gasteiger partial charge in [-0.05, 0) is 41.9 Å². The minimum absolute atomic E-state index is 0.258. The smallest absolute Gasteiger partial charge is 0.329 e. The van der Waals surface area contributed by atoms with E-state index in [0.29, 0.717) is 19.7 Å². The van der Waals surface area contributed by atoms with Gasteiger partial charge >= 0.3 is 5.97 Å². The molecule has 1 aliphatic rings. The van der Waals surface area contributed by atoms with Gasteiger partial charge in [0, 0.05) is 6.08 Å². The lowest BCUT2D eigenvalue weighted by atomic mass is 10.3. The minimum Gasteiger partial charge on any atom is -0.464 e. The number of thiocarbonyl (C=S) groups is 1. The Morgan fingerprint density at radius 1 is 1.62 bits per heavy atom. The van der Waals surface area contributed by atoms with Crippen molar-refractivity contribution in [3.8, 4) is 0 Å². The highest BCUT2D eigenvalue weighted by Gasteiger charge is 2.38. The lowest BCUT2D eigenvalue weighted by Crippen LogP contribution is -2.42. The zero-order chi connectivity index (χ0) is 15.6. The number of carbonyl (C=O) groups is 2. The van der Waals surface area contributed by atoms with Crippen molar-refractivity contribution in [2.45, 2.75) is 19.9 Å². The van der Waals surface area contributed by atoms with Crippen LogP contribution < -0.4 is 0 Å². The van der Waals surface area contributed by atoms with Crippen molar-refractivity contribution in [2.75, 3.05) is 6.61 Å². The van der Waals surface area contributed by atoms with E-state index in [4.69, 9.17) is 21.4 Å². The van der Waals surface area contributed by atoms with Gasteiger partial charge in [-0.3, -0.25) is 9.69 Å². The van der Waals surface area contributed by atoms with Crippen molar-refractivity contribution in [1.82, 2.24) is 4.90 Å². The summed E-state index contributed by atoms with van der Waals surface area (Å²) in [6, 6.07) is 2.71. The van der Waals surface area contributed by atoms with Crippen LogP contribution in [0.2, 0.25) is 0 Å². The number of esters is 1. The molecule has 1 saturated heterocycles. The van der Waals surface area contributed by atoms with Gasteiger partial charge in [0.1, 0.15) is 16.1 Å². The molecule has 0 N–H and O–H groups in total. The van der Waals surface area contributed by atoms with Gasteiger partial charge in [-0.15, -0.1) is 0 Å². The predicted molar refractivity (Wildman–Crippen MR) is 87.5 cm³/mol. The molecule has 0 saturated carbocycles. The van der Waals surface area contributed by atoms with E-state index in [1.807, 2.05) is 0 Å². The first kappa shape index (κ1) is 16.3. The summed E-state index contributed by atoms with van der Waals surface area (Å²) in [4.78, 5) is 25.8. The lowest BCUT2D eigenvalue weighted by Gasteiger charge is -2.21. The van der Waals surface area contributed by atoms with Crippen molar-refractivity contribution in [2.24, 2.45) is 0 Å². The van der Waals surface area contributed by atoms with Crippen LogP contribution in [0.4, 0.5) is 0 Å². The predicted octanol–water partition coefficient (Wildman–Crippen LogP) is 3.19. The number of carbonyl (C=O) groups excluding carboxylic acids is 2. The Bertz CT molecular complexity index is 625. The first-order chi connectivity index (χ1) is 9.93. The Morgan fingerprint density at radius 3 is 2.90 bits per heavy atom. The van der Waals surface area contributed by atoms with Gasteiger partial charge in [-0.2, -0.15) is 0 Å². The Balaban J connectivity index is 2.20. The molecule has 1 aliphatic heterocycles. The average Bonchev–Trinajstić information content (AvgIpc) is 2.94. The lowest BCUT2D eigenvalue weighted by molar-refractivity contribution is -0.149. The van der Waals surface area contributed by atoms with Crippen LogP contribution in [0.5, 0.6) is 0 Å². The number of hydrogen-bond donors (Lipinski definition) is 0. The third kappa shape index (κ3) is 3.56. The Morgan fingerprint density at radius 2 is 2.33 bits per heavy atom. The van der Waals surface area contributed by atoms with E-state index in [1.165, 1.54) is 4.90 Å². The minimum atomic E-state index is -0.744. The Kier molecular flexibility index (Phi) is 5.23. The number of rotatable bonds is 4. The van der Waals surface area contributed by atoms with Gasteiger partial charge in [0.15, 0.2) is 4.67 Å². The molecule has 8 heteroatoms. The molecular weight excluding hydrogens is 378 g/mol. The standard InChI is InChI=1S/C13H12BrNO4S2/c1-3-18-12(17)7(2)15-11(16)9(21-13(15)20)6-8-4-5-10(14)19-8/h4-7H,3H2,1-2H3/b9-6-. The molecule has 2 heterocycles. The molecule has 0 aromatic carbocycles. The molecule has 1 amide bonds. The molecule has 5 nitrogen and oxygen atoms in total. The molecular formula is C13H12BrNO4S2. The number of halogens is 1. The molecule has 1 atom stereocenters. The summed E-state index contributed by atoms with van der Waals surface area (Å²) in [5, 5.41) is 0. The molecule has 0 bridgehead atoms. The summed E-state index contributed by atoms with van der Waals surface area (Å²) >= 11 is 9.51. The number of ether oxygens (including phenoxy) is 1. The maximum Gasteiger partial charge on any atom is 0.329 e. The SMILES string of the molecule is CCOC(=O)C(C)N1C(=O)/C(=C/c2ccc(Br)o2)SC1=S. The van der Waals surface area contributed by atoms with Gasteiger partial charge in [0.2, 0.25) is 0 Å². The fourth-order valence-corrected chi connectivity index (χ4v) is 3.43. The molecule has 21 heavy (non-hydrogen) atoms. The van der Waals surface area contributed by atoms with E-state index >= 15 is 0 Å². The van der Waals surface area contributed by atoms with Crippen LogP contribution in [0.1, 0.15) is 19.6 Å². The summed E-state index contributed by atoms with van der Waals surface area (Å²) in [5.74, 6) is -0.264. The third-order valence-electron chi connectivity index (χ3n) is 2.71. The van der Waals surface area contributed by atoms with Crippen molar-refractivity contribution in [3.05, 3.63) is 27.5 Å². The fraction of sp³-hybridized carbons (Fsp3) is 0.308. The molecule has 0 radical (unpaired) electrons. The van der Waals surface area contributed by atoms with Crippen LogP contribution in [-0.4, -0.2) is 33.7 Å². The maximum absolute atomic E-state index is 12.4. The number of hydrogen-bond acceptors (Lipinski definition) is 6. The van der Waals surface area contributed by atoms with Crippen LogP contribution in [0, 0.1) is 0 Å².